The molecule has 2 fully saturated rings. The van der Waals surface area contributed by atoms with Gasteiger partial charge in [0.15, 0.2) is 0 Å². The van der Waals surface area contributed by atoms with Crippen molar-refractivity contribution in [1.29, 1.82) is 0 Å². The molecule has 1 saturated carbocycles. The van der Waals surface area contributed by atoms with Gasteiger partial charge in [-0.15, -0.1) is 0 Å². The zero-order chi connectivity index (χ0) is 14.7. The highest BCUT2D eigenvalue weighted by Gasteiger charge is 2.44. The Balaban J connectivity index is 1.91. The van der Waals surface area contributed by atoms with Crippen LogP contribution in [0.1, 0.15) is 37.7 Å². The second-order valence-electron chi connectivity index (χ2n) is 6.20. The topological polar surface area (TPSA) is 32.3 Å². The maximum absolute atomic E-state index is 13.2. The summed E-state index contributed by atoms with van der Waals surface area (Å²) < 4.78 is 0. The number of halogens is 1. The van der Waals surface area contributed by atoms with Crippen LogP contribution in [0.25, 0.3) is 0 Å². The Hall–Kier alpha value is -1.06. The van der Waals surface area contributed by atoms with E-state index in [2.05, 4.69) is 16.3 Å². The number of hydrogen-bond donors (Lipinski definition) is 1. The van der Waals surface area contributed by atoms with Crippen molar-refractivity contribution in [3.8, 4) is 0 Å². The molecule has 3 rings (SSSR count). The van der Waals surface area contributed by atoms with Crippen LogP contribution in [-0.2, 0) is 10.2 Å². The van der Waals surface area contributed by atoms with Crippen LogP contribution in [-0.4, -0.2) is 37.0 Å². The third-order valence-corrected chi connectivity index (χ3v) is 5.11. The normalized spacial score (nSPS) is 22.0. The second-order valence-corrected chi connectivity index (χ2v) is 6.63. The largest absolute Gasteiger partial charge is 0.341 e. The van der Waals surface area contributed by atoms with Crippen molar-refractivity contribution in [2.75, 3.05) is 26.2 Å². The lowest BCUT2D eigenvalue weighted by molar-refractivity contribution is -0.137. The summed E-state index contributed by atoms with van der Waals surface area (Å²) in [5.74, 6) is 0.311. The number of rotatable bonds is 2. The summed E-state index contributed by atoms with van der Waals surface area (Å²) >= 11 is 6.17. The summed E-state index contributed by atoms with van der Waals surface area (Å²) in [5.41, 5.74) is 0.768. The van der Waals surface area contributed by atoms with E-state index in [0.29, 0.717) is 5.91 Å². The molecule has 0 bridgehead atoms. The summed E-state index contributed by atoms with van der Waals surface area (Å²) in [6, 6.07) is 7.91. The van der Waals surface area contributed by atoms with Gasteiger partial charge in [0.05, 0.1) is 5.41 Å². The van der Waals surface area contributed by atoms with Crippen LogP contribution in [0.5, 0.6) is 0 Å². The van der Waals surface area contributed by atoms with E-state index in [1.54, 1.807) is 0 Å². The van der Waals surface area contributed by atoms with Gasteiger partial charge in [0.1, 0.15) is 0 Å². The van der Waals surface area contributed by atoms with Gasteiger partial charge in [-0.25, -0.2) is 0 Å². The van der Waals surface area contributed by atoms with E-state index in [9.17, 15) is 4.79 Å². The van der Waals surface area contributed by atoms with Crippen LogP contribution in [0.3, 0.4) is 0 Å². The van der Waals surface area contributed by atoms with Crippen LogP contribution < -0.4 is 5.32 Å². The van der Waals surface area contributed by atoms with Crippen molar-refractivity contribution < 1.29 is 4.79 Å². The van der Waals surface area contributed by atoms with Crippen LogP contribution in [0.4, 0.5) is 0 Å². The van der Waals surface area contributed by atoms with Gasteiger partial charge in [-0.05, 0) is 43.5 Å². The van der Waals surface area contributed by atoms with Crippen molar-refractivity contribution in [3.63, 3.8) is 0 Å². The molecule has 1 saturated heterocycles. The highest BCUT2D eigenvalue weighted by Crippen LogP contribution is 2.43. The molecule has 0 unspecified atom stereocenters. The molecular weight excluding hydrogens is 284 g/mol. The summed E-state index contributed by atoms with van der Waals surface area (Å²) in [4.78, 5) is 15.3. The number of hydrogen-bond acceptors (Lipinski definition) is 2. The van der Waals surface area contributed by atoms with Crippen LogP contribution >= 0.6 is 11.6 Å². The van der Waals surface area contributed by atoms with Crippen molar-refractivity contribution in [3.05, 3.63) is 34.9 Å². The molecule has 1 N–H and O–H groups in total. The molecule has 2 aliphatic rings. The molecule has 21 heavy (non-hydrogen) atoms. The lowest BCUT2D eigenvalue weighted by Crippen LogP contribution is -2.46. The minimum Gasteiger partial charge on any atom is -0.341 e. The third-order valence-electron chi connectivity index (χ3n) is 4.87. The Labute approximate surface area is 131 Å². The van der Waals surface area contributed by atoms with Gasteiger partial charge >= 0.3 is 0 Å². The molecular formula is C17H23ClN2O. The maximum atomic E-state index is 13.2. The summed E-state index contributed by atoms with van der Waals surface area (Å²) in [5, 5.41) is 4.10. The first-order valence-corrected chi connectivity index (χ1v) is 8.36. The average molecular weight is 307 g/mol. The molecule has 114 valence electrons. The molecule has 0 atom stereocenters. The van der Waals surface area contributed by atoms with E-state index < -0.39 is 0 Å². The van der Waals surface area contributed by atoms with Gasteiger partial charge in [-0.1, -0.05) is 36.6 Å². The minimum absolute atomic E-state index is 0.311. The maximum Gasteiger partial charge on any atom is 0.233 e. The molecule has 1 aliphatic heterocycles. The predicted octanol–water partition coefficient (Wildman–Crippen LogP) is 2.97. The van der Waals surface area contributed by atoms with E-state index in [-0.39, 0.29) is 5.41 Å². The first-order valence-electron chi connectivity index (χ1n) is 7.98. The van der Waals surface area contributed by atoms with Crippen LogP contribution in [0.15, 0.2) is 24.3 Å². The lowest BCUT2D eigenvalue weighted by atomic mass is 9.77. The third kappa shape index (κ3) is 2.95. The Morgan fingerprint density at radius 3 is 2.71 bits per heavy atom. The van der Waals surface area contributed by atoms with E-state index in [0.717, 1.165) is 68.9 Å². The van der Waals surface area contributed by atoms with Crippen LogP contribution in [0, 0.1) is 0 Å². The van der Waals surface area contributed by atoms with Gasteiger partial charge in [-0.3, -0.25) is 4.79 Å². The fourth-order valence-electron chi connectivity index (χ4n) is 3.74. The SMILES string of the molecule is O=C(N1CCCNCC1)C1(c2cccc(Cl)c2)CCCC1. The van der Waals surface area contributed by atoms with E-state index in [1.165, 1.54) is 0 Å². The number of amides is 1. The fraction of sp³-hybridized carbons (Fsp3) is 0.588. The summed E-state index contributed by atoms with van der Waals surface area (Å²) in [7, 11) is 0. The monoisotopic (exact) mass is 306 g/mol. The van der Waals surface area contributed by atoms with E-state index in [1.807, 2.05) is 18.2 Å². The van der Waals surface area contributed by atoms with Gasteiger partial charge in [0.25, 0.3) is 0 Å². The summed E-state index contributed by atoms with van der Waals surface area (Å²) in [6.45, 7) is 3.60. The second kappa shape index (κ2) is 6.37. The number of carbonyl (C=O) groups is 1. The minimum atomic E-state index is -0.338. The molecule has 0 radical (unpaired) electrons. The van der Waals surface area contributed by atoms with E-state index in [4.69, 9.17) is 11.6 Å². The number of benzene rings is 1. The number of carbonyl (C=O) groups excluding carboxylic acids is 1. The highest BCUT2D eigenvalue weighted by molar-refractivity contribution is 6.30. The smallest absolute Gasteiger partial charge is 0.233 e. The Bertz CT molecular complexity index is 503. The first-order chi connectivity index (χ1) is 10.2. The Morgan fingerprint density at radius 2 is 1.95 bits per heavy atom. The molecule has 0 spiro atoms. The molecule has 3 nitrogen and oxygen atoms in total. The van der Waals surface area contributed by atoms with Gasteiger partial charge in [0.2, 0.25) is 5.91 Å². The van der Waals surface area contributed by atoms with Crippen LogP contribution in [0.2, 0.25) is 5.02 Å². The average Bonchev–Trinajstić information content (AvgIpc) is 2.84. The van der Waals surface area contributed by atoms with E-state index >= 15 is 0 Å². The van der Waals surface area contributed by atoms with Crippen molar-refractivity contribution >= 4 is 17.5 Å². The van der Waals surface area contributed by atoms with Crippen molar-refractivity contribution in [1.82, 2.24) is 10.2 Å². The molecule has 1 aromatic carbocycles. The standard InChI is InChI=1S/C17H23ClN2O/c18-15-6-3-5-14(13-15)17(7-1-2-8-17)16(21)20-11-4-9-19-10-12-20/h3,5-6,13,19H,1-2,4,7-12H2. The van der Waals surface area contributed by atoms with Gasteiger partial charge < -0.3 is 10.2 Å². The Kier molecular flexibility index (Phi) is 4.51. The first kappa shape index (κ1) is 14.9. The summed E-state index contributed by atoms with van der Waals surface area (Å²) in [6.07, 6.45) is 5.21. The zero-order valence-electron chi connectivity index (χ0n) is 12.4. The number of nitrogens with one attached hydrogen (secondary N) is 1. The predicted molar refractivity (Wildman–Crippen MR) is 85.7 cm³/mol. The fourth-order valence-corrected chi connectivity index (χ4v) is 3.93. The molecule has 1 amide bonds. The molecule has 0 aromatic heterocycles. The quantitative estimate of drug-likeness (QED) is 0.911. The van der Waals surface area contributed by atoms with Gasteiger partial charge in [0, 0.05) is 24.7 Å². The van der Waals surface area contributed by atoms with Crippen molar-refractivity contribution in [2.24, 2.45) is 0 Å². The van der Waals surface area contributed by atoms with Crippen molar-refractivity contribution in [2.45, 2.75) is 37.5 Å². The van der Waals surface area contributed by atoms with Gasteiger partial charge in [-0.2, -0.15) is 0 Å². The Morgan fingerprint density at radius 1 is 1.14 bits per heavy atom. The molecule has 1 aliphatic carbocycles. The lowest BCUT2D eigenvalue weighted by Gasteiger charge is -2.34. The highest BCUT2D eigenvalue weighted by atomic mass is 35.5. The molecule has 1 heterocycles. The molecule has 1 aromatic rings. The number of nitrogens with zero attached hydrogens (tertiary/aromatic N) is 1. The molecule has 4 heteroatoms. The zero-order valence-corrected chi connectivity index (χ0v) is 13.2.